The van der Waals surface area contributed by atoms with E-state index in [1.165, 1.54) is 0 Å². The third-order valence-corrected chi connectivity index (χ3v) is 4.21. The highest BCUT2D eigenvalue weighted by atomic mass is 32.2. The SMILES string of the molecule is CCOP(OCC)C(S)(S)C(N)=O. The average Bonchev–Trinajstić information content (AvgIpc) is 2.03. The van der Waals surface area contributed by atoms with Crippen LogP contribution in [0.1, 0.15) is 13.8 Å². The van der Waals surface area contributed by atoms with Gasteiger partial charge in [0.05, 0.1) is 13.2 Å². The van der Waals surface area contributed by atoms with Gasteiger partial charge in [-0.2, -0.15) is 0 Å². The van der Waals surface area contributed by atoms with Crippen LogP contribution in [0.25, 0.3) is 0 Å². The summed E-state index contributed by atoms with van der Waals surface area (Å²) in [5, 5.41) is 0. The minimum Gasteiger partial charge on any atom is -0.367 e. The molecular weight excluding hydrogens is 229 g/mol. The zero-order chi connectivity index (χ0) is 10.5. The van der Waals surface area contributed by atoms with Crippen LogP contribution < -0.4 is 5.73 Å². The Balaban J connectivity index is 4.41. The minimum absolute atomic E-state index is 0.432. The molecule has 0 heterocycles. The van der Waals surface area contributed by atoms with Crippen LogP contribution in [-0.4, -0.2) is 22.9 Å². The molecule has 0 fully saturated rings. The van der Waals surface area contributed by atoms with Gasteiger partial charge in [0.2, 0.25) is 12.2 Å². The van der Waals surface area contributed by atoms with Gasteiger partial charge in [0.15, 0.2) is 0 Å². The van der Waals surface area contributed by atoms with E-state index in [0.717, 1.165) is 0 Å². The number of carbonyl (C=O) groups excluding carboxylic acids is 1. The van der Waals surface area contributed by atoms with Gasteiger partial charge in [-0.1, -0.05) is 0 Å². The van der Waals surface area contributed by atoms with E-state index in [4.69, 9.17) is 14.8 Å². The van der Waals surface area contributed by atoms with Gasteiger partial charge in [0, 0.05) is 0 Å². The van der Waals surface area contributed by atoms with Crippen molar-refractivity contribution in [1.29, 1.82) is 0 Å². The fourth-order valence-corrected chi connectivity index (χ4v) is 2.32. The smallest absolute Gasteiger partial charge is 0.252 e. The fourth-order valence-electron chi connectivity index (χ4n) is 0.542. The third-order valence-electron chi connectivity index (χ3n) is 1.08. The molecule has 0 aromatic rings. The summed E-state index contributed by atoms with van der Waals surface area (Å²) in [6.45, 7) is 4.46. The highest BCUT2D eigenvalue weighted by Gasteiger charge is 2.40. The van der Waals surface area contributed by atoms with Gasteiger partial charge in [-0.3, -0.25) is 4.79 Å². The number of nitrogens with two attached hydrogens (primary N) is 1. The molecule has 0 bridgehead atoms. The molecule has 78 valence electrons. The Morgan fingerprint density at radius 3 is 2.00 bits per heavy atom. The quantitative estimate of drug-likeness (QED) is 0.375. The van der Waals surface area contributed by atoms with Crippen molar-refractivity contribution < 1.29 is 13.8 Å². The van der Waals surface area contributed by atoms with E-state index in [2.05, 4.69) is 25.3 Å². The van der Waals surface area contributed by atoms with E-state index in [9.17, 15) is 4.79 Å². The molecule has 7 heteroatoms. The molecule has 0 aliphatic heterocycles. The Bertz CT molecular complexity index is 173. The molecule has 0 spiro atoms. The summed E-state index contributed by atoms with van der Waals surface area (Å²) < 4.78 is 9.06. The van der Waals surface area contributed by atoms with Crippen molar-refractivity contribution >= 4 is 39.5 Å². The van der Waals surface area contributed by atoms with Crippen molar-refractivity contribution in [2.45, 2.75) is 17.7 Å². The van der Waals surface area contributed by atoms with Gasteiger partial charge < -0.3 is 14.8 Å². The molecule has 0 saturated heterocycles. The largest absolute Gasteiger partial charge is 0.367 e. The Morgan fingerprint density at radius 2 is 1.77 bits per heavy atom. The number of primary amides is 1. The second kappa shape index (κ2) is 6.09. The molecule has 0 aromatic heterocycles. The average molecular weight is 243 g/mol. The van der Waals surface area contributed by atoms with Gasteiger partial charge in [0.25, 0.3) is 5.91 Å². The van der Waals surface area contributed by atoms with Crippen LogP contribution in [-0.2, 0) is 13.8 Å². The molecule has 4 nitrogen and oxygen atoms in total. The van der Waals surface area contributed by atoms with Crippen LogP contribution in [0, 0.1) is 0 Å². The number of carbonyl (C=O) groups is 1. The summed E-state index contributed by atoms with van der Waals surface area (Å²) in [4.78, 5) is 10.9. The first kappa shape index (κ1) is 13.5. The van der Waals surface area contributed by atoms with Crippen LogP contribution in [0.5, 0.6) is 0 Å². The van der Waals surface area contributed by atoms with Crippen molar-refractivity contribution in [3.8, 4) is 0 Å². The lowest BCUT2D eigenvalue weighted by Gasteiger charge is -2.27. The molecule has 0 aliphatic rings. The molecule has 0 atom stereocenters. The molecule has 0 unspecified atom stereocenters. The van der Waals surface area contributed by atoms with Crippen LogP contribution in [0.4, 0.5) is 0 Å². The molecule has 0 aliphatic carbocycles. The summed E-state index contributed by atoms with van der Waals surface area (Å²) in [5.41, 5.74) is 5.10. The zero-order valence-corrected chi connectivity index (χ0v) is 10.2. The van der Waals surface area contributed by atoms with E-state index in [1.807, 2.05) is 0 Å². The molecular formula is C6H14NO3PS2. The monoisotopic (exact) mass is 243 g/mol. The first-order valence-corrected chi connectivity index (χ1v) is 5.84. The van der Waals surface area contributed by atoms with E-state index in [-0.39, 0.29) is 0 Å². The van der Waals surface area contributed by atoms with E-state index < -0.39 is 18.1 Å². The summed E-state index contributed by atoms with van der Waals surface area (Å²) in [6, 6.07) is 0. The highest BCUT2D eigenvalue weighted by Crippen LogP contribution is 2.56. The number of hydrogen-bond acceptors (Lipinski definition) is 5. The van der Waals surface area contributed by atoms with Crippen LogP contribution in [0.15, 0.2) is 0 Å². The van der Waals surface area contributed by atoms with Crippen LogP contribution >= 0.6 is 33.6 Å². The Kier molecular flexibility index (Phi) is 6.33. The highest BCUT2D eigenvalue weighted by molar-refractivity contribution is 8.11. The predicted octanol–water partition coefficient (Wildman–Crippen LogP) is 1.37. The van der Waals surface area contributed by atoms with Crippen molar-refractivity contribution in [3.05, 3.63) is 0 Å². The molecule has 2 N–H and O–H groups in total. The van der Waals surface area contributed by atoms with Crippen molar-refractivity contribution in [2.24, 2.45) is 5.73 Å². The molecule has 13 heavy (non-hydrogen) atoms. The first-order chi connectivity index (χ1) is 5.96. The molecule has 0 saturated carbocycles. The fraction of sp³-hybridized carbons (Fsp3) is 0.833. The summed E-state index contributed by atoms with van der Waals surface area (Å²) >= 11 is 8.03. The summed E-state index contributed by atoms with van der Waals surface area (Å²) in [5.74, 6) is -0.660. The number of hydrogen-bond donors (Lipinski definition) is 3. The Hall–Kier alpha value is 0.520. The lowest BCUT2D eigenvalue weighted by molar-refractivity contribution is -0.117. The van der Waals surface area contributed by atoms with E-state index >= 15 is 0 Å². The maximum atomic E-state index is 10.9. The third kappa shape index (κ3) is 4.04. The molecule has 0 aromatic carbocycles. The second-order valence-corrected chi connectivity index (χ2v) is 6.19. The van der Waals surface area contributed by atoms with Gasteiger partial charge in [0.1, 0.15) is 0 Å². The van der Waals surface area contributed by atoms with Gasteiger partial charge >= 0.3 is 0 Å². The normalized spacial score (nSPS) is 12.1. The first-order valence-electron chi connectivity index (χ1n) is 3.77. The Morgan fingerprint density at radius 1 is 1.38 bits per heavy atom. The number of rotatable bonds is 6. The molecule has 0 radical (unpaired) electrons. The topological polar surface area (TPSA) is 61.6 Å². The van der Waals surface area contributed by atoms with E-state index in [0.29, 0.717) is 13.2 Å². The van der Waals surface area contributed by atoms with E-state index in [1.54, 1.807) is 13.8 Å². The van der Waals surface area contributed by atoms with Crippen molar-refractivity contribution in [2.75, 3.05) is 13.2 Å². The number of amides is 1. The van der Waals surface area contributed by atoms with Crippen molar-refractivity contribution in [1.82, 2.24) is 0 Å². The predicted molar refractivity (Wildman–Crippen MR) is 60.1 cm³/mol. The van der Waals surface area contributed by atoms with Gasteiger partial charge in [-0.05, 0) is 13.8 Å². The lowest BCUT2D eigenvalue weighted by Crippen LogP contribution is -2.33. The van der Waals surface area contributed by atoms with Crippen LogP contribution in [0.3, 0.4) is 0 Å². The number of thiol groups is 2. The lowest BCUT2D eigenvalue weighted by atomic mass is 10.7. The maximum Gasteiger partial charge on any atom is 0.252 e. The minimum atomic E-state index is -1.49. The Labute approximate surface area is 90.3 Å². The maximum absolute atomic E-state index is 10.9. The zero-order valence-electron chi connectivity index (χ0n) is 7.56. The summed E-state index contributed by atoms with van der Waals surface area (Å²) in [6.07, 6.45) is 0. The van der Waals surface area contributed by atoms with Gasteiger partial charge in [-0.25, -0.2) is 0 Å². The van der Waals surface area contributed by atoms with Gasteiger partial charge in [-0.15, -0.1) is 25.3 Å². The second-order valence-electron chi connectivity index (χ2n) is 2.09. The van der Waals surface area contributed by atoms with Crippen molar-refractivity contribution in [3.63, 3.8) is 0 Å². The van der Waals surface area contributed by atoms with Crippen LogP contribution in [0.2, 0.25) is 0 Å². The standard InChI is InChI=1S/C6H14NO3PS2/c1-3-9-11(10-4-2)6(12,13)5(7)8/h12-13H,3-4H2,1-2H3,(H2,7,8). The molecule has 0 rings (SSSR count). The molecule has 1 amide bonds. The summed E-state index contributed by atoms with van der Waals surface area (Å²) in [7, 11) is -1.49.